The summed E-state index contributed by atoms with van der Waals surface area (Å²) < 4.78 is 0. The molecule has 2 aliphatic rings. The van der Waals surface area contributed by atoms with Crippen LogP contribution in [0, 0.1) is 5.92 Å². The number of nitrogens with one attached hydrogen (secondary N) is 1. The van der Waals surface area contributed by atoms with Gasteiger partial charge in [0.2, 0.25) is 5.91 Å². The molecule has 0 spiro atoms. The minimum atomic E-state index is -0.758. The van der Waals surface area contributed by atoms with E-state index in [1.54, 1.807) is 4.90 Å². The molecule has 7 heteroatoms. The Labute approximate surface area is 141 Å². The van der Waals surface area contributed by atoms with E-state index in [-0.39, 0.29) is 30.1 Å². The Balaban J connectivity index is 1.49. The van der Waals surface area contributed by atoms with Crippen LogP contribution in [-0.4, -0.2) is 57.0 Å². The molecule has 1 saturated heterocycles. The Bertz CT molecular complexity index is 574. The second kappa shape index (κ2) is 7.70. The number of likely N-dealkylation sites (tertiary alicyclic amines) is 1. The molecular formula is C17H24N4O3. The van der Waals surface area contributed by atoms with E-state index < -0.39 is 6.10 Å². The van der Waals surface area contributed by atoms with E-state index in [1.165, 1.54) is 31.4 Å². The molecule has 24 heavy (non-hydrogen) atoms. The van der Waals surface area contributed by atoms with Crippen molar-refractivity contribution < 1.29 is 14.7 Å². The molecule has 1 aromatic rings. The minimum Gasteiger partial charge on any atom is -0.389 e. The summed E-state index contributed by atoms with van der Waals surface area (Å²) in [6.45, 7) is 0.838. The lowest BCUT2D eigenvalue weighted by atomic mass is 9.99. The number of hydrogen-bond donors (Lipinski definition) is 2. The van der Waals surface area contributed by atoms with Gasteiger partial charge < -0.3 is 15.3 Å². The van der Waals surface area contributed by atoms with Gasteiger partial charge in [0.15, 0.2) is 0 Å². The predicted octanol–water partition coefficient (Wildman–Crippen LogP) is 0.748. The van der Waals surface area contributed by atoms with Crippen LogP contribution in [0.25, 0.3) is 0 Å². The molecule has 1 aliphatic heterocycles. The third-order valence-corrected chi connectivity index (χ3v) is 4.98. The number of carbonyl (C=O) groups is 2. The van der Waals surface area contributed by atoms with Gasteiger partial charge in [-0.05, 0) is 25.2 Å². The largest absolute Gasteiger partial charge is 0.389 e. The van der Waals surface area contributed by atoms with Gasteiger partial charge in [0, 0.05) is 31.9 Å². The van der Waals surface area contributed by atoms with E-state index >= 15 is 0 Å². The zero-order chi connectivity index (χ0) is 16.9. The van der Waals surface area contributed by atoms with Crippen molar-refractivity contribution in [1.82, 2.24) is 20.2 Å². The number of β-amino-alcohol motifs (C(OH)–C–C–N with tert-alkyl or cyclic N) is 1. The normalized spacial score (nSPS) is 24.8. The lowest BCUT2D eigenvalue weighted by Gasteiger charge is -2.36. The molecule has 2 fully saturated rings. The van der Waals surface area contributed by atoms with Gasteiger partial charge in [-0.2, -0.15) is 0 Å². The van der Waals surface area contributed by atoms with Crippen LogP contribution in [0.15, 0.2) is 18.6 Å². The van der Waals surface area contributed by atoms with Crippen LogP contribution in [0.2, 0.25) is 0 Å². The average Bonchev–Trinajstić information content (AvgIpc) is 3.10. The quantitative estimate of drug-likeness (QED) is 0.848. The predicted molar refractivity (Wildman–Crippen MR) is 87.1 cm³/mol. The summed E-state index contributed by atoms with van der Waals surface area (Å²) in [6, 6.07) is -0.366. The topological polar surface area (TPSA) is 95.4 Å². The Kier molecular flexibility index (Phi) is 5.40. The Morgan fingerprint density at radius 1 is 1.25 bits per heavy atom. The molecule has 2 amide bonds. The van der Waals surface area contributed by atoms with E-state index in [0.717, 1.165) is 12.8 Å². The summed E-state index contributed by atoms with van der Waals surface area (Å²) in [7, 11) is 0. The molecular weight excluding hydrogens is 308 g/mol. The highest BCUT2D eigenvalue weighted by atomic mass is 16.3. The third-order valence-electron chi connectivity index (χ3n) is 4.98. The van der Waals surface area contributed by atoms with Gasteiger partial charge in [-0.25, -0.2) is 4.98 Å². The van der Waals surface area contributed by atoms with Gasteiger partial charge in [-0.15, -0.1) is 0 Å². The number of amides is 2. The second-order valence-electron chi connectivity index (χ2n) is 6.72. The van der Waals surface area contributed by atoms with Crippen molar-refractivity contribution in [2.45, 2.75) is 50.7 Å². The number of nitrogens with zero attached hydrogens (tertiary/aromatic N) is 3. The third kappa shape index (κ3) is 4.08. The Morgan fingerprint density at radius 2 is 2.04 bits per heavy atom. The molecule has 0 aromatic carbocycles. The van der Waals surface area contributed by atoms with Crippen molar-refractivity contribution in [3.8, 4) is 0 Å². The maximum Gasteiger partial charge on any atom is 0.271 e. The Morgan fingerprint density at radius 3 is 2.71 bits per heavy atom. The fourth-order valence-electron chi connectivity index (χ4n) is 3.58. The number of rotatable bonds is 4. The first-order chi connectivity index (χ1) is 11.6. The molecule has 2 atom stereocenters. The highest BCUT2D eigenvalue weighted by Crippen LogP contribution is 2.28. The number of aliphatic hydroxyl groups is 1. The van der Waals surface area contributed by atoms with E-state index in [2.05, 4.69) is 15.3 Å². The van der Waals surface area contributed by atoms with Crippen molar-refractivity contribution in [3.05, 3.63) is 24.3 Å². The average molecular weight is 332 g/mol. The zero-order valence-electron chi connectivity index (χ0n) is 13.7. The van der Waals surface area contributed by atoms with Crippen molar-refractivity contribution >= 4 is 11.8 Å². The molecule has 0 unspecified atom stereocenters. The highest BCUT2D eigenvalue weighted by Gasteiger charge is 2.32. The molecule has 1 aromatic heterocycles. The van der Waals surface area contributed by atoms with E-state index in [9.17, 15) is 14.7 Å². The van der Waals surface area contributed by atoms with E-state index in [4.69, 9.17) is 0 Å². The number of hydrogen-bond acceptors (Lipinski definition) is 5. The lowest BCUT2D eigenvalue weighted by Crippen LogP contribution is -2.55. The molecule has 130 valence electrons. The van der Waals surface area contributed by atoms with Crippen molar-refractivity contribution in [3.63, 3.8) is 0 Å². The smallest absolute Gasteiger partial charge is 0.271 e. The lowest BCUT2D eigenvalue weighted by molar-refractivity contribution is -0.135. The van der Waals surface area contributed by atoms with E-state index in [0.29, 0.717) is 25.3 Å². The zero-order valence-corrected chi connectivity index (χ0v) is 13.7. The summed E-state index contributed by atoms with van der Waals surface area (Å²) in [5.74, 6) is 0.279. The van der Waals surface area contributed by atoms with Gasteiger partial charge in [-0.3, -0.25) is 14.6 Å². The first kappa shape index (κ1) is 16.8. The van der Waals surface area contributed by atoms with Gasteiger partial charge >= 0.3 is 0 Å². The minimum absolute atomic E-state index is 0.125. The number of aliphatic hydroxyl groups excluding tert-OH is 1. The standard InChI is InChI=1S/C17H24N4O3/c22-15-11-21(16(23)9-12-3-1-2-4-12)8-5-13(15)20-17(24)14-10-18-6-7-19-14/h6-7,10,12-13,15,22H,1-5,8-9,11H2,(H,20,24)/t13-,15-/m1/s1. The molecule has 2 heterocycles. The van der Waals surface area contributed by atoms with Crippen molar-refractivity contribution in [1.29, 1.82) is 0 Å². The number of carbonyl (C=O) groups excluding carboxylic acids is 2. The monoisotopic (exact) mass is 332 g/mol. The van der Waals surface area contributed by atoms with Crippen LogP contribution < -0.4 is 5.32 Å². The van der Waals surface area contributed by atoms with Crippen LogP contribution in [0.1, 0.15) is 49.0 Å². The first-order valence-electron chi connectivity index (χ1n) is 8.66. The molecule has 3 rings (SSSR count). The van der Waals surface area contributed by atoms with Gasteiger partial charge in [0.25, 0.3) is 5.91 Å². The number of piperidine rings is 1. The van der Waals surface area contributed by atoms with Gasteiger partial charge in [0.1, 0.15) is 5.69 Å². The van der Waals surface area contributed by atoms with Crippen LogP contribution in [-0.2, 0) is 4.79 Å². The fourth-order valence-corrected chi connectivity index (χ4v) is 3.58. The van der Waals surface area contributed by atoms with Crippen LogP contribution in [0.4, 0.5) is 0 Å². The van der Waals surface area contributed by atoms with Crippen LogP contribution in [0.3, 0.4) is 0 Å². The maximum absolute atomic E-state index is 12.4. The molecule has 0 bridgehead atoms. The summed E-state index contributed by atoms with van der Waals surface area (Å²) in [6.07, 6.45) is 9.43. The highest BCUT2D eigenvalue weighted by molar-refractivity contribution is 5.92. The molecule has 7 nitrogen and oxygen atoms in total. The van der Waals surface area contributed by atoms with Gasteiger partial charge in [-0.1, -0.05) is 12.8 Å². The summed E-state index contributed by atoms with van der Waals surface area (Å²) in [4.78, 5) is 34.0. The Hall–Kier alpha value is -2.02. The summed E-state index contributed by atoms with van der Waals surface area (Å²) in [5, 5.41) is 13.1. The first-order valence-corrected chi connectivity index (χ1v) is 8.66. The van der Waals surface area contributed by atoms with E-state index in [1.807, 2.05) is 0 Å². The van der Waals surface area contributed by atoms with Crippen LogP contribution in [0.5, 0.6) is 0 Å². The number of aromatic nitrogens is 2. The summed E-state index contributed by atoms with van der Waals surface area (Å²) >= 11 is 0. The second-order valence-corrected chi connectivity index (χ2v) is 6.72. The molecule has 1 saturated carbocycles. The van der Waals surface area contributed by atoms with Crippen molar-refractivity contribution in [2.75, 3.05) is 13.1 Å². The van der Waals surface area contributed by atoms with Crippen molar-refractivity contribution in [2.24, 2.45) is 5.92 Å². The maximum atomic E-state index is 12.4. The fraction of sp³-hybridized carbons (Fsp3) is 0.647. The SMILES string of the molecule is O=C(N[C@@H]1CCN(C(=O)CC2CCCC2)C[C@H]1O)c1cnccn1. The van der Waals surface area contributed by atoms with Crippen LogP contribution >= 0.6 is 0 Å². The van der Waals surface area contributed by atoms with Gasteiger partial charge in [0.05, 0.1) is 18.3 Å². The molecule has 1 aliphatic carbocycles. The summed E-state index contributed by atoms with van der Waals surface area (Å²) in [5.41, 5.74) is 0.226. The molecule has 0 radical (unpaired) electrons. The molecule has 2 N–H and O–H groups in total.